The predicted octanol–water partition coefficient (Wildman–Crippen LogP) is 3.74. The third kappa shape index (κ3) is 2.23. The molecule has 0 saturated carbocycles. The monoisotopic (exact) mass is 267 g/mol. The van der Waals surface area contributed by atoms with Gasteiger partial charge in [0.1, 0.15) is 5.82 Å². The Bertz CT molecular complexity index is 797. The third-order valence-electron chi connectivity index (χ3n) is 3.08. The zero-order valence-corrected chi connectivity index (χ0v) is 10.4. The Morgan fingerprint density at radius 1 is 1.00 bits per heavy atom. The molecule has 0 spiro atoms. The van der Waals surface area contributed by atoms with E-state index in [2.05, 4.69) is 4.98 Å². The molecule has 3 aromatic rings. The maximum absolute atomic E-state index is 12.9. The molecule has 3 rings (SSSR count). The van der Waals surface area contributed by atoms with E-state index in [9.17, 15) is 9.18 Å². The van der Waals surface area contributed by atoms with Crippen LogP contribution in [-0.2, 0) is 0 Å². The molecule has 0 radical (unpaired) electrons. The summed E-state index contributed by atoms with van der Waals surface area (Å²) in [6, 6.07) is 14.5. The van der Waals surface area contributed by atoms with Crippen LogP contribution in [0, 0.1) is 5.82 Å². The number of pyridine rings is 1. The molecule has 1 aromatic heterocycles. The molecule has 2 aromatic carbocycles. The summed E-state index contributed by atoms with van der Waals surface area (Å²) >= 11 is 0. The van der Waals surface area contributed by atoms with Gasteiger partial charge >= 0.3 is 5.97 Å². The Morgan fingerprint density at radius 3 is 2.40 bits per heavy atom. The Morgan fingerprint density at radius 2 is 1.70 bits per heavy atom. The van der Waals surface area contributed by atoms with Gasteiger partial charge < -0.3 is 5.11 Å². The maximum atomic E-state index is 12.9. The Labute approximate surface area is 114 Å². The van der Waals surface area contributed by atoms with Crippen molar-refractivity contribution >= 4 is 16.9 Å². The molecule has 3 nitrogen and oxygen atoms in total. The average molecular weight is 267 g/mol. The first-order valence-corrected chi connectivity index (χ1v) is 6.03. The van der Waals surface area contributed by atoms with Gasteiger partial charge in [-0.1, -0.05) is 12.1 Å². The molecule has 20 heavy (non-hydrogen) atoms. The van der Waals surface area contributed by atoms with Gasteiger partial charge in [0.05, 0.1) is 16.8 Å². The Hall–Kier alpha value is -2.75. The van der Waals surface area contributed by atoms with Crippen LogP contribution in [0.25, 0.3) is 22.2 Å². The van der Waals surface area contributed by atoms with E-state index < -0.39 is 5.97 Å². The maximum Gasteiger partial charge on any atom is 0.335 e. The lowest BCUT2D eigenvalue weighted by molar-refractivity contribution is 0.0697. The van der Waals surface area contributed by atoms with Crippen LogP contribution < -0.4 is 0 Å². The summed E-state index contributed by atoms with van der Waals surface area (Å²) in [5.41, 5.74) is 2.27. The molecular weight excluding hydrogens is 257 g/mol. The van der Waals surface area contributed by atoms with Crippen LogP contribution >= 0.6 is 0 Å². The van der Waals surface area contributed by atoms with Crippen molar-refractivity contribution in [2.45, 2.75) is 0 Å². The molecule has 0 aliphatic carbocycles. The average Bonchev–Trinajstić information content (AvgIpc) is 2.47. The van der Waals surface area contributed by atoms with Gasteiger partial charge in [0.15, 0.2) is 0 Å². The fraction of sp³-hybridized carbons (Fsp3) is 0. The Balaban J connectivity index is 2.13. The highest BCUT2D eigenvalue weighted by atomic mass is 19.1. The van der Waals surface area contributed by atoms with Gasteiger partial charge in [-0.25, -0.2) is 14.2 Å². The molecule has 4 heteroatoms. The van der Waals surface area contributed by atoms with E-state index in [-0.39, 0.29) is 11.4 Å². The third-order valence-corrected chi connectivity index (χ3v) is 3.08. The zero-order valence-electron chi connectivity index (χ0n) is 10.4. The predicted molar refractivity (Wildman–Crippen MR) is 74.1 cm³/mol. The summed E-state index contributed by atoms with van der Waals surface area (Å²) in [5.74, 6) is -1.29. The zero-order chi connectivity index (χ0) is 14.1. The van der Waals surface area contributed by atoms with E-state index in [1.807, 2.05) is 12.1 Å². The smallest absolute Gasteiger partial charge is 0.335 e. The van der Waals surface area contributed by atoms with Gasteiger partial charge in [0.25, 0.3) is 0 Å². The van der Waals surface area contributed by atoms with Crippen LogP contribution in [-0.4, -0.2) is 16.1 Å². The molecule has 0 bridgehead atoms. The van der Waals surface area contributed by atoms with Crippen LogP contribution in [0.2, 0.25) is 0 Å². The normalized spacial score (nSPS) is 10.7. The quantitative estimate of drug-likeness (QED) is 0.769. The molecule has 0 amide bonds. The van der Waals surface area contributed by atoms with E-state index >= 15 is 0 Å². The van der Waals surface area contributed by atoms with E-state index in [0.717, 1.165) is 10.9 Å². The first kappa shape index (κ1) is 12.3. The fourth-order valence-corrected chi connectivity index (χ4v) is 2.03. The summed E-state index contributed by atoms with van der Waals surface area (Å²) in [4.78, 5) is 15.4. The number of fused-ring (bicyclic) bond motifs is 1. The fourth-order valence-electron chi connectivity index (χ4n) is 2.03. The van der Waals surface area contributed by atoms with Gasteiger partial charge in [-0.3, -0.25) is 0 Å². The molecule has 0 unspecified atom stereocenters. The number of hydrogen-bond donors (Lipinski definition) is 1. The first-order valence-electron chi connectivity index (χ1n) is 6.03. The minimum Gasteiger partial charge on any atom is -0.478 e. The number of halogens is 1. The van der Waals surface area contributed by atoms with E-state index in [0.29, 0.717) is 11.2 Å². The van der Waals surface area contributed by atoms with Crippen LogP contribution in [0.4, 0.5) is 4.39 Å². The number of benzene rings is 2. The van der Waals surface area contributed by atoms with Crippen LogP contribution in [0.1, 0.15) is 10.4 Å². The van der Waals surface area contributed by atoms with E-state index in [4.69, 9.17) is 5.11 Å². The van der Waals surface area contributed by atoms with E-state index in [1.165, 1.54) is 18.2 Å². The molecule has 0 aliphatic rings. The molecule has 0 atom stereocenters. The lowest BCUT2D eigenvalue weighted by atomic mass is 10.1. The Kier molecular flexibility index (Phi) is 2.91. The number of aromatic carboxylic acids is 1. The standard InChI is InChI=1S/C16H10FNO2/c17-13-6-3-10(4-7-13)14-8-5-11-1-2-12(16(19)20)9-15(11)18-14/h1-9H,(H,19,20). The second-order valence-corrected chi connectivity index (χ2v) is 4.42. The van der Waals surface area contributed by atoms with Gasteiger partial charge in [0, 0.05) is 10.9 Å². The van der Waals surface area contributed by atoms with E-state index in [1.54, 1.807) is 24.3 Å². The number of hydrogen-bond acceptors (Lipinski definition) is 2. The lowest BCUT2D eigenvalue weighted by Crippen LogP contribution is -1.96. The lowest BCUT2D eigenvalue weighted by Gasteiger charge is -2.04. The summed E-state index contributed by atoms with van der Waals surface area (Å²) in [5, 5.41) is 9.85. The van der Waals surface area contributed by atoms with Crippen molar-refractivity contribution in [3.8, 4) is 11.3 Å². The minimum atomic E-state index is -0.985. The highest BCUT2D eigenvalue weighted by molar-refractivity contribution is 5.93. The molecule has 98 valence electrons. The van der Waals surface area contributed by atoms with Crippen molar-refractivity contribution in [3.05, 3.63) is 66.0 Å². The van der Waals surface area contributed by atoms with Crippen molar-refractivity contribution in [1.82, 2.24) is 4.98 Å². The van der Waals surface area contributed by atoms with Crippen LogP contribution in [0.3, 0.4) is 0 Å². The van der Waals surface area contributed by atoms with Crippen molar-refractivity contribution in [1.29, 1.82) is 0 Å². The van der Waals surface area contributed by atoms with Crippen molar-refractivity contribution in [2.24, 2.45) is 0 Å². The number of carboxylic acid groups (broad SMARTS) is 1. The van der Waals surface area contributed by atoms with Crippen LogP contribution in [0.15, 0.2) is 54.6 Å². The summed E-state index contributed by atoms with van der Waals surface area (Å²) in [6.45, 7) is 0. The summed E-state index contributed by atoms with van der Waals surface area (Å²) < 4.78 is 12.9. The molecule has 1 heterocycles. The molecule has 0 fully saturated rings. The van der Waals surface area contributed by atoms with Gasteiger partial charge in [-0.2, -0.15) is 0 Å². The number of carbonyl (C=O) groups is 1. The highest BCUT2D eigenvalue weighted by Crippen LogP contribution is 2.22. The SMILES string of the molecule is O=C(O)c1ccc2ccc(-c3ccc(F)cc3)nc2c1. The van der Waals surface area contributed by atoms with Crippen molar-refractivity contribution in [2.75, 3.05) is 0 Å². The number of carboxylic acids is 1. The van der Waals surface area contributed by atoms with Crippen LogP contribution in [0.5, 0.6) is 0 Å². The number of aromatic nitrogens is 1. The molecular formula is C16H10FNO2. The van der Waals surface area contributed by atoms with Crippen molar-refractivity contribution in [3.63, 3.8) is 0 Å². The minimum absolute atomic E-state index is 0.196. The second-order valence-electron chi connectivity index (χ2n) is 4.42. The highest BCUT2D eigenvalue weighted by Gasteiger charge is 2.06. The molecule has 0 aliphatic heterocycles. The summed E-state index contributed by atoms with van der Waals surface area (Å²) in [7, 11) is 0. The largest absolute Gasteiger partial charge is 0.478 e. The number of nitrogens with zero attached hydrogens (tertiary/aromatic N) is 1. The summed E-state index contributed by atoms with van der Waals surface area (Å²) in [6.07, 6.45) is 0. The molecule has 0 saturated heterocycles. The molecule has 1 N–H and O–H groups in total. The van der Waals surface area contributed by atoms with Gasteiger partial charge in [0.2, 0.25) is 0 Å². The van der Waals surface area contributed by atoms with Crippen molar-refractivity contribution < 1.29 is 14.3 Å². The number of rotatable bonds is 2. The van der Waals surface area contributed by atoms with Gasteiger partial charge in [-0.05, 0) is 42.5 Å². The van der Waals surface area contributed by atoms with Gasteiger partial charge in [-0.15, -0.1) is 0 Å². The topological polar surface area (TPSA) is 50.2 Å². The first-order chi connectivity index (χ1) is 9.63. The second kappa shape index (κ2) is 4.74.